The summed E-state index contributed by atoms with van der Waals surface area (Å²) in [7, 11) is 0. The number of unbranched alkanes of at least 4 members (excludes halogenated alkanes) is 4. The number of nitrogens with zero attached hydrogens (tertiary/aromatic N) is 1. The third kappa shape index (κ3) is 6.25. The van der Waals surface area contributed by atoms with Gasteiger partial charge in [-0.25, -0.2) is 0 Å². The van der Waals surface area contributed by atoms with Crippen LogP contribution in [0.4, 0.5) is 0 Å². The number of hydrogen-bond acceptors (Lipinski definition) is 1. The molecule has 0 aliphatic carbocycles. The molecule has 0 unspecified atom stereocenters. The summed E-state index contributed by atoms with van der Waals surface area (Å²) in [6.07, 6.45) is 15.5. The molecule has 0 aromatic rings. The molecule has 1 aliphatic rings. The standard InChI is InChI=1S/C12H21N.BrH/c1-2-3-4-5-7-10-13-11-8-6-9-12-13;/h6,8-9,11H,2-5,7,10,12H2,1H3;1H. The van der Waals surface area contributed by atoms with Gasteiger partial charge in [0.25, 0.3) is 0 Å². The molecule has 1 nitrogen and oxygen atoms in total. The Morgan fingerprint density at radius 2 is 1.86 bits per heavy atom. The van der Waals surface area contributed by atoms with Crippen molar-refractivity contribution in [1.29, 1.82) is 0 Å². The molecular formula is C12H22BrN. The zero-order valence-corrected chi connectivity index (χ0v) is 10.8. The van der Waals surface area contributed by atoms with E-state index in [4.69, 9.17) is 0 Å². The maximum absolute atomic E-state index is 2.38. The van der Waals surface area contributed by atoms with Gasteiger partial charge in [-0.1, -0.05) is 44.8 Å². The molecule has 0 amide bonds. The number of allylic oxidation sites excluding steroid dienone is 2. The summed E-state index contributed by atoms with van der Waals surface area (Å²) in [5.41, 5.74) is 0. The molecule has 2 heteroatoms. The maximum atomic E-state index is 2.38. The molecule has 82 valence electrons. The highest BCUT2D eigenvalue weighted by Crippen LogP contribution is 2.05. The van der Waals surface area contributed by atoms with Crippen LogP contribution in [0.2, 0.25) is 0 Å². The van der Waals surface area contributed by atoms with Gasteiger partial charge in [0.05, 0.1) is 0 Å². The number of halogens is 1. The van der Waals surface area contributed by atoms with E-state index in [2.05, 4.69) is 36.3 Å². The molecule has 0 radical (unpaired) electrons. The summed E-state index contributed by atoms with van der Waals surface area (Å²) in [5.74, 6) is 0. The Morgan fingerprint density at radius 1 is 1.07 bits per heavy atom. The third-order valence-electron chi connectivity index (χ3n) is 2.43. The first-order valence-corrected chi connectivity index (χ1v) is 5.51. The molecule has 1 rings (SSSR count). The molecular weight excluding hydrogens is 238 g/mol. The summed E-state index contributed by atoms with van der Waals surface area (Å²) in [6.45, 7) is 4.59. The van der Waals surface area contributed by atoms with Gasteiger partial charge >= 0.3 is 0 Å². The van der Waals surface area contributed by atoms with Crippen molar-refractivity contribution >= 4 is 17.0 Å². The highest BCUT2D eigenvalue weighted by molar-refractivity contribution is 8.93. The SMILES string of the molecule is Br.CCCCCCCN1C=CC=CC1. The summed E-state index contributed by atoms with van der Waals surface area (Å²) in [6, 6.07) is 0. The van der Waals surface area contributed by atoms with Gasteiger partial charge in [-0.05, 0) is 18.7 Å². The Morgan fingerprint density at radius 3 is 2.50 bits per heavy atom. The quantitative estimate of drug-likeness (QED) is 0.654. The second kappa shape index (κ2) is 9.32. The molecule has 1 heterocycles. The summed E-state index contributed by atoms with van der Waals surface area (Å²) < 4.78 is 0. The van der Waals surface area contributed by atoms with E-state index in [1.54, 1.807) is 0 Å². The van der Waals surface area contributed by atoms with Gasteiger partial charge in [-0.3, -0.25) is 0 Å². The molecule has 14 heavy (non-hydrogen) atoms. The fourth-order valence-electron chi connectivity index (χ4n) is 1.59. The fourth-order valence-corrected chi connectivity index (χ4v) is 1.59. The van der Waals surface area contributed by atoms with Crippen LogP contribution in [0.15, 0.2) is 24.4 Å². The van der Waals surface area contributed by atoms with Crippen molar-refractivity contribution in [3.8, 4) is 0 Å². The van der Waals surface area contributed by atoms with Crippen molar-refractivity contribution in [3.63, 3.8) is 0 Å². The molecule has 0 bridgehead atoms. The predicted octanol–water partition coefficient (Wildman–Crippen LogP) is 3.92. The van der Waals surface area contributed by atoms with Gasteiger partial charge in [0.2, 0.25) is 0 Å². The van der Waals surface area contributed by atoms with Crippen LogP contribution < -0.4 is 0 Å². The Bertz CT molecular complexity index is 175. The second-order valence-electron chi connectivity index (χ2n) is 3.68. The van der Waals surface area contributed by atoms with Gasteiger partial charge in [0.1, 0.15) is 0 Å². The molecule has 0 aromatic carbocycles. The van der Waals surface area contributed by atoms with Crippen molar-refractivity contribution in [2.45, 2.75) is 39.0 Å². The third-order valence-corrected chi connectivity index (χ3v) is 2.43. The zero-order chi connectivity index (χ0) is 9.36. The van der Waals surface area contributed by atoms with Crippen molar-refractivity contribution in [2.24, 2.45) is 0 Å². The predicted molar refractivity (Wildman–Crippen MR) is 68.9 cm³/mol. The highest BCUT2D eigenvalue weighted by atomic mass is 79.9. The Hall–Kier alpha value is -0.240. The van der Waals surface area contributed by atoms with E-state index in [9.17, 15) is 0 Å². The van der Waals surface area contributed by atoms with E-state index in [1.807, 2.05) is 0 Å². The molecule has 0 atom stereocenters. The Balaban J connectivity index is 0.00000169. The minimum atomic E-state index is 0. The van der Waals surface area contributed by atoms with Crippen molar-refractivity contribution in [3.05, 3.63) is 24.4 Å². The maximum Gasteiger partial charge on any atom is 0.0357 e. The topological polar surface area (TPSA) is 3.24 Å². The van der Waals surface area contributed by atoms with Crippen LogP contribution in [0.25, 0.3) is 0 Å². The second-order valence-corrected chi connectivity index (χ2v) is 3.68. The zero-order valence-electron chi connectivity index (χ0n) is 9.11. The summed E-state index contributed by atoms with van der Waals surface area (Å²) in [4.78, 5) is 2.38. The fraction of sp³-hybridized carbons (Fsp3) is 0.667. The van der Waals surface area contributed by atoms with Crippen molar-refractivity contribution in [2.75, 3.05) is 13.1 Å². The lowest BCUT2D eigenvalue weighted by atomic mass is 10.1. The molecule has 1 aliphatic heterocycles. The van der Waals surface area contributed by atoms with E-state index in [0.717, 1.165) is 6.54 Å². The lowest BCUT2D eigenvalue weighted by molar-refractivity contribution is 0.393. The molecule has 0 N–H and O–H groups in total. The van der Waals surface area contributed by atoms with Gasteiger partial charge in [0, 0.05) is 13.1 Å². The number of rotatable bonds is 6. The average Bonchev–Trinajstić information content (AvgIpc) is 2.19. The Kier molecular flexibility index (Phi) is 9.16. The molecule has 0 aromatic heterocycles. The largest absolute Gasteiger partial charge is 0.374 e. The summed E-state index contributed by atoms with van der Waals surface area (Å²) >= 11 is 0. The van der Waals surface area contributed by atoms with Gasteiger partial charge in [0.15, 0.2) is 0 Å². The normalized spacial score (nSPS) is 14.2. The minimum absolute atomic E-state index is 0. The molecule has 0 spiro atoms. The Labute approximate surface area is 98.6 Å². The molecule has 0 saturated heterocycles. The van der Waals surface area contributed by atoms with Crippen LogP contribution >= 0.6 is 17.0 Å². The van der Waals surface area contributed by atoms with Gasteiger partial charge in [-0.2, -0.15) is 0 Å². The van der Waals surface area contributed by atoms with E-state index in [1.165, 1.54) is 38.6 Å². The lowest BCUT2D eigenvalue weighted by Gasteiger charge is -2.20. The highest BCUT2D eigenvalue weighted by Gasteiger charge is 1.98. The summed E-state index contributed by atoms with van der Waals surface area (Å²) in [5, 5.41) is 0. The van der Waals surface area contributed by atoms with Crippen LogP contribution in [0.3, 0.4) is 0 Å². The van der Waals surface area contributed by atoms with Crippen LogP contribution in [0, 0.1) is 0 Å². The van der Waals surface area contributed by atoms with E-state index < -0.39 is 0 Å². The first-order valence-electron chi connectivity index (χ1n) is 5.51. The van der Waals surface area contributed by atoms with E-state index in [0.29, 0.717) is 0 Å². The van der Waals surface area contributed by atoms with Crippen LogP contribution in [-0.2, 0) is 0 Å². The smallest absolute Gasteiger partial charge is 0.0357 e. The van der Waals surface area contributed by atoms with Crippen LogP contribution in [0.5, 0.6) is 0 Å². The minimum Gasteiger partial charge on any atom is -0.374 e. The van der Waals surface area contributed by atoms with Crippen molar-refractivity contribution < 1.29 is 0 Å². The molecule has 0 fully saturated rings. The van der Waals surface area contributed by atoms with E-state index in [-0.39, 0.29) is 17.0 Å². The number of hydrogen-bond donors (Lipinski definition) is 0. The van der Waals surface area contributed by atoms with Gasteiger partial charge in [-0.15, -0.1) is 17.0 Å². The first-order chi connectivity index (χ1) is 6.43. The average molecular weight is 260 g/mol. The van der Waals surface area contributed by atoms with Crippen LogP contribution in [-0.4, -0.2) is 18.0 Å². The van der Waals surface area contributed by atoms with E-state index >= 15 is 0 Å². The lowest BCUT2D eigenvalue weighted by Crippen LogP contribution is -2.19. The first kappa shape index (κ1) is 13.8. The molecule has 0 saturated carbocycles. The van der Waals surface area contributed by atoms with Crippen molar-refractivity contribution in [1.82, 2.24) is 4.90 Å². The van der Waals surface area contributed by atoms with Gasteiger partial charge < -0.3 is 4.90 Å². The monoisotopic (exact) mass is 259 g/mol. The van der Waals surface area contributed by atoms with Crippen LogP contribution in [0.1, 0.15) is 39.0 Å².